The van der Waals surface area contributed by atoms with Crippen LogP contribution in [0.15, 0.2) is 16.7 Å². The number of nitrogens with one attached hydrogen (secondary N) is 1. The molecule has 2 saturated heterocycles. The van der Waals surface area contributed by atoms with E-state index in [0.717, 1.165) is 24.4 Å². The predicted octanol–water partition coefficient (Wildman–Crippen LogP) is 1.37. The number of urea groups is 1. The largest absolute Gasteiger partial charge is 0.360 e. The Morgan fingerprint density at radius 3 is 2.55 bits per heavy atom. The molecule has 0 radical (unpaired) electrons. The van der Waals surface area contributed by atoms with Gasteiger partial charge in [0.2, 0.25) is 5.91 Å². The normalized spacial score (nSPS) is 20.9. The van der Waals surface area contributed by atoms with Gasteiger partial charge < -0.3 is 9.42 Å². The quantitative estimate of drug-likeness (QED) is 0.834. The number of hydrogen-bond donors (Lipinski definition) is 1. The number of amides is 3. The van der Waals surface area contributed by atoms with E-state index in [2.05, 4.69) is 20.5 Å². The van der Waals surface area contributed by atoms with Crippen LogP contribution < -0.4 is 10.2 Å². The molecule has 29 heavy (non-hydrogen) atoms. The average molecular weight is 401 g/mol. The molecule has 1 N–H and O–H groups in total. The monoisotopic (exact) mass is 401 g/mol. The molecule has 2 aromatic rings. The van der Waals surface area contributed by atoms with E-state index in [9.17, 15) is 9.59 Å². The molecule has 1 atom stereocenters. The van der Waals surface area contributed by atoms with Gasteiger partial charge in [-0.1, -0.05) is 5.16 Å². The Morgan fingerprint density at radius 2 is 1.93 bits per heavy atom. The molecule has 2 aliphatic heterocycles. The molecule has 4 rings (SSSR count). The highest BCUT2D eigenvalue weighted by Gasteiger charge is 2.37. The first-order valence-corrected chi connectivity index (χ1v) is 9.97. The molecule has 0 saturated carbocycles. The Labute approximate surface area is 169 Å². The zero-order chi connectivity index (χ0) is 20.5. The highest BCUT2D eigenvalue weighted by atomic mass is 16.5. The molecule has 0 spiro atoms. The standard InChI is InChI=1S/C19H27N7O3/c1-13-11-17(23(3)21-13)26-6-4-5-15(18(26)27)24-7-9-25(10-8-24)19(28)20-16-12-14(2)29-22-16/h11-12,15H,4-10H2,1-3H3,(H,20,22,28). The van der Waals surface area contributed by atoms with Gasteiger partial charge >= 0.3 is 6.03 Å². The van der Waals surface area contributed by atoms with E-state index in [0.29, 0.717) is 44.3 Å². The van der Waals surface area contributed by atoms with Crippen molar-refractivity contribution >= 4 is 23.6 Å². The Bertz CT molecular complexity index is 898. The number of anilines is 2. The van der Waals surface area contributed by atoms with Crippen molar-refractivity contribution in [2.75, 3.05) is 42.9 Å². The van der Waals surface area contributed by atoms with E-state index in [-0.39, 0.29) is 18.0 Å². The van der Waals surface area contributed by atoms with Crippen LogP contribution >= 0.6 is 0 Å². The van der Waals surface area contributed by atoms with Crippen LogP contribution in [0, 0.1) is 13.8 Å². The van der Waals surface area contributed by atoms with E-state index < -0.39 is 0 Å². The van der Waals surface area contributed by atoms with Crippen molar-refractivity contribution in [2.24, 2.45) is 7.05 Å². The first-order valence-electron chi connectivity index (χ1n) is 9.97. The van der Waals surface area contributed by atoms with Crippen LogP contribution in [0.2, 0.25) is 0 Å². The lowest BCUT2D eigenvalue weighted by molar-refractivity contribution is -0.126. The first-order chi connectivity index (χ1) is 13.9. The number of aromatic nitrogens is 3. The summed E-state index contributed by atoms with van der Waals surface area (Å²) < 4.78 is 6.74. The van der Waals surface area contributed by atoms with Crippen molar-refractivity contribution in [3.8, 4) is 0 Å². The van der Waals surface area contributed by atoms with Crippen LogP contribution in [-0.4, -0.2) is 75.4 Å². The summed E-state index contributed by atoms with van der Waals surface area (Å²) in [7, 11) is 1.87. The van der Waals surface area contributed by atoms with Crippen LogP contribution in [-0.2, 0) is 11.8 Å². The summed E-state index contributed by atoms with van der Waals surface area (Å²) in [6.45, 7) is 6.89. The maximum Gasteiger partial charge on any atom is 0.323 e. The lowest BCUT2D eigenvalue weighted by Gasteiger charge is -2.42. The number of rotatable bonds is 3. The van der Waals surface area contributed by atoms with Crippen LogP contribution in [0.25, 0.3) is 0 Å². The molecule has 156 valence electrons. The minimum absolute atomic E-state index is 0.121. The second-order valence-electron chi connectivity index (χ2n) is 7.69. The highest BCUT2D eigenvalue weighted by Crippen LogP contribution is 2.25. The molecule has 0 aromatic carbocycles. The molecular weight excluding hydrogens is 374 g/mol. The van der Waals surface area contributed by atoms with E-state index in [1.54, 1.807) is 22.6 Å². The fourth-order valence-electron chi connectivity index (χ4n) is 4.12. The first kappa shape index (κ1) is 19.4. The zero-order valence-corrected chi connectivity index (χ0v) is 17.1. The fourth-order valence-corrected chi connectivity index (χ4v) is 4.12. The number of hydrogen-bond acceptors (Lipinski definition) is 6. The highest BCUT2D eigenvalue weighted by molar-refractivity contribution is 5.97. The number of aryl methyl sites for hydroxylation is 3. The Morgan fingerprint density at radius 1 is 1.17 bits per heavy atom. The fraction of sp³-hybridized carbons (Fsp3) is 0.579. The van der Waals surface area contributed by atoms with Crippen molar-refractivity contribution in [3.05, 3.63) is 23.6 Å². The minimum Gasteiger partial charge on any atom is -0.360 e. The number of piperazine rings is 1. The Balaban J connectivity index is 1.36. The summed E-state index contributed by atoms with van der Waals surface area (Å²) in [4.78, 5) is 31.4. The average Bonchev–Trinajstić information content (AvgIpc) is 3.26. The minimum atomic E-state index is -0.195. The molecule has 4 heterocycles. The summed E-state index contributed by atoms with van der Waals surface area (Å²) >= 11 is 0. The maximum absolute atomic E-state index is 13.2. The maximum atomic E-state index is 13.2. The number of carbonyl (C=O) groups excluding carboxylic acids is 2. The van der Waals surface area contributed by atoms with Gasteiger partial charge in [0.25, 0.3) is 0 Å². The molecule has 2 fully saturated rings. The summed E-state index contributed by atoms with van der Waals surface area (Å²) in [6.07, 6.45) is 1.80. The van der Waals surface area contributed by atoms with Crippen molar-refractivity contribution in [1.82, 2.24) is 24.7 Å². The summed E-state index contributed by atoms with van der Waals surface area (Å²) in [5, 5.41) is 10.9. The van der Waals surface area contributed by atoms with E-state index in [4.69, 9.17) is 4.52 Å². The number of carbonyl (C=O) groups is 2. The topological polar surface area (TPSA) is 99.7 Å². The molecule has 1 unspecified atom stereocenters. The third kappa shape index (κ3) is 3.98. The number of nitrogens with zero attached hydrogens (tertiary/aromatic N) is 6. The van der Waals surface area contributed by atoms with Gasteiger partial charge in [-0.05, 0) is 26.7 Å². The van der Waals surface area contributed by atoms with Gasteiger partial charge in [-0.25, -0.2) is 4.79 Å². The summed E-state index contributed by atoms with van der Waals surface area (Å²) in [5.74, 6) is 2.03. The van der Waals surface area contributed by atoms with Crippen LogP contribution in [0.5, 0.6) is 0 Å². The van der Waals surface area contributed by atoms with Crippen molar-refractivity contribution < 1.29 is 14.1 Å². The van der Waals surface area contributed by atoms with Gasteiger partial charge in [0, 0.05) is 51.9 Å². The molecule has 10 heteroatoms. The lowest BCUT2D eigenvalue weighted by atomic mass is 10.0. The zero-order valence-electron chi connectivity index (χ0n) is 17.1. The van der Waals surface area contributed by atoms with Crippen molar-refractivity contribution in [2.45, 2.75) is 32.7 Å². The second-order valence-corrected chi connectivity index (χ2v) is 7.69. The van der Waals surface area contributed by atoms with Gasteiger partial charge in [-0.15, -0.1) is 0 Å². The van der Waals surface area contributed by atoms with Crippen LogP contribution in [0.4, 0.5) is 16.4 Å². The number of piperidine rings is 1. The summed E-state index contributed by atoms with van der Waals surface area (Å²) in [6, 6.07) is 3.29. The second kappa shape index (κ2) is 7.86. The van der Waals surface area contributed by atoms with Gasteiger partial charge in [0.15, 0.2) is 5.82 Å². The molecule has 0 aliphatic carbocycles. The van der Waals surface area contributed by atoms with Gasteiger partial charge in [-0.3, -0.25) is 24.6 Å². The molecular formula is C19H27N7O3. The van der Waals surface area contributed by atoms with Gasteiger partial charge in [-0.2, -0.15) is 5.10 Å². The molecule has 0 bridgehead atoms. The summed E-state index contributed by atoms with van der Waals surface area (Å²) in [5.41, 5.74) is 0.902. The van der Waals surface area contributed by atoms with Crippen molar-refractivity contribution in [1.29, 1.82) is 0 Å². The lowest BCUT2D eigenvalue weighted by Crippen LogP contribution is -2.59. The van der Waals surface area contributed by atoms with Gasteiger partial charge in [0.1, 0.15) is 11.6 Å². The van der Waals surface area contributed by atoms with Crippen molar-refractivity contribution in [3.63, 3.8) is 0 Å². The molecule has 3 amide bonds. The van der Waals surface area contributed by atoms with Gasteiger partial charge in [0.05, 0.1) is 11.7 Å². The third-order valence-electron chi connectivity index (χ3n) is 5.57. The van der Waals surface area contributed by atoms with E-state index in [1.807, 2.05) is 24.9 Å². The molecule has 2 aliphatic rings. The van der Waals surface area contributed by atoms with Crippen LogP contribution in [0.1, 0.15) is 24.3 Å². The van der Waals surface area contributed by atoms with E-state index >= 15 is 0 Å². The Hall–Kier alpha value is -2.88. The van der Waals surface area contributed by atoms with E-state index in [1.165, 1.54) is 0 Å². The molecule has 2 aromatic heterocycles. The predicted molar refractivity (Wildman–Crippen MR) is 107 cm³/mol. The SMILES string of the molecule is Cc1cc(N2CCCC(N3CCN(C(=O)Nc4cc(C)on4)CC3)C2=O)n(C)n1. The molecule has 10 nitrogen and oxygen atoms in total. The smallest absolute Gasteiger partial charge is 0.323 e. The third-order valence-corrected chi connectivity index (χ3v) is 5.57. The Kier molecular flexibility index (Phi) is 5.27. The van der Waals surface area contributed by atoms with Crippen LogP contribution in [0.3, 0.4) is 0 Å².